The molecular weight excluding hydrogens is 242 g/mol. The van der Waals surface area contributed by atoms with Gasteiger partial charge in [-0.15, -0.1) is 0 Å². The minimum absolute atomic E-state index is 0.0615. The van der Waals surface area contributed by atoms with Crippen molar-refractivity contribution in [3.63, 3.8) is 0 Å². The van der Waals surface area contributed by atoms with Gasteiger partial charge in [-0.3, -0.25) is 4.79 Å². The number of nitrogens with one attached hydrogen (secondary N) is 1. The number of carbonyl (C=O) groups is 1. The van der Waals surface area contributed by atoms with Crippen molar-refractivity contribution < 1.29 is 13.9 Å². The van der Waals surface area contributed by atoms with Crippen LogP contribution in [0.4, 0.5) is 0 Å². The molecule has 0 spiro atoms. The molecule has 100 valence electrons. The number of para-hydroxylation sites is 1. The number of rotatable bonds is 3. The van der Waals surface area contributed by atoms with E-state index in [4.69, 9.17) is 9.15 Å². The number of carbonyl (C=O) groups excluding carboxylic acids is 1. The van der Waals surface area contributed by atoms with Crippen LogP contribution in [0.2, 0.25) is 0 Å². The zero-order valence-electron chi connectivity index (χ0n) is 10.9. The Morgan fingerprint density at radius 3 is 3.05 bits per heavy atom. The Kier molecular flexibility index (Phi) is 3.25. The van der Waals surface area contributed by atoms with Gasteiger partial charge in [-0.05, 0) is 19.1 Å². The van der Waals surface area contributed by atoms with Gasteiger partial charge in [0.1, 0.15) is 11.3 Å². The van der Waals surface area contributed by atoms with E-state index < -0.39 is 0 Å². The van der Waals surface area contributed by atoms with Crippen molar-refractivity contribution in [1.29, 1.82) is 0 Å². The van der Waals surface area contributed by atoms with E-state index in [1.807, 2.05) is 37.3 Å². The predicted octanol–water partition coefficient (Wildman–Crippen LogP) is 2.30. The second-order valence-corrected chi connectivity index (χ2v) is 4.81. The zero-order valence-corrected chi connectivity index (χ0v) is 10.9. The van der Waals surface area contributed by atoms with Gasteiger partial charge in [0.2, 0.25) is 0 Å². The van der Waals surface area contributed by atoms with E-state index in [2.05, 4.69) is 5.32 Å². The fraction of sp³-hybridized carbons (Fsp3) is 0.400. The summed E-state index contributed by atoms with van der Waals surface area (Å²) < 4.78 is 11.0. The zero-order chi connectivity index (χ0) is 13.2. The maximum absolute atomic E-state index is 11.9. The highest BCUT2D eigenvalue weighted by atomic mass is 16.5. The van der Waals surface area contributed by atoms with Gasteiger partial charge in [0.15, 0.2) is 0 Å². The quantitative estimate of drug-likeness (QED) is 0.859. The average molecular weight is 259 g/mol. The molecule has 1 aliphatic heterocycles. The molecule has 1 fully saturated rings. The highest BCUT2D eigenvalue weighted by Gasteiger charge is 2.37. The lowest BCUT2D eigenvalue weighted by molar-refractivity contribution is -0.147. The topological polar surface area (TPSA) is 51.5 Å². The molecule has 4 nitrogen and oxygen atoms in total. The van der Waals surface area contributed by atoms with E-state index in [1.165, 1.54) is 0 Å². The first-order chi connectivity index (χ1) is 9.29. The van der Waals surface area contributed by atoms with Crippen LogP contribution in [0.5, 0.6) is 0 Å². The summed E-state index contributed by atoms with van der Waals surface area (Å²) in [7, 11) is 0. The summed E-state index contributed by atoms with van der Waals surface area (Å²) in [6.07, 6.45) is 0. The molecule has 2 aromatic rings. The predicted molar refractivity (Wildman–Crippen MR) is 71.9 cm³/mol. The fourth-order valence-corrected chi connectivity index (χ4v) is 2.66. The molecule has 2 heterocycles. The van der Waals surface area contributed by atoms with E-state index in [9.17, 15) is 4.79 Å². The van der Waals surface area contributed by atoms with Crippen LogP contribution in [0.15, 0.2) is 34.7 Å². The summed E-state index contributed by atoms with van der Waals surface area (Å²) in [6, 6.07) is 9.92. The maximum atomic E-state index is 11.9. The monoisotopic (exact) mass is 259 g/mol. The van der Waals surface area contributed by atoms with Crippen molar-refractivity contribution in [3.05, 3.63) is 36.1 Å². The molecule has 0 saturated carbocycles. The van der Waals surface area contributed by atoms with Crippen LogP contribution < -0.4 is 5.32 Å². The normalized spacial score (nSPS) is 22.8. The number of hydrogen-bond donors (Lipinski definition) is 1. The Bertz CT molecular complexity index is 557. The second kappa shape index (κ2) is 5.05. The molecule has 2 atom stereocenters. The number of ether oxygens (including phenoxy) is 1. The molecule has 0 aliphatic carbocycles. The molecular formula is C15H17NO3. The molecule has 19 heavy (non-hydrogen) atoms. The molecule has 0 radical (unpaired) electrons. The maximum Gasteiger partial charge on any atom is 0.311 e. The SMILES string of the molecule is CCOC(=O)[C@H]1CNC[C@@H]1c1cc2ccccc2o1. The molecule has 0 bridgehead atoms. The van der Waals surface area contributed by atoms with Gasteiger partial charge >= 0.3 is 5.97 Å². The lowest BCUT2D eigenvalue weighted by Crippen LogP contribution is -2.23. The average Bonchev–Trinajstić information content (AvgIpc) is 3.05. The first kappa shape index (κ1) is 12.2. The van der Waals surface area contributed by atoms with Crippen LogP contribution in [-0.2, 0) is 9.53 Å². The van der Waals surface area contributed by atoms with E-state index in [0.29, 0.717) is 13.2 Å². The molecule has 0 unspecified atom stereocenters. The number of benzene rings is 1. The third kappa shape index (κ3) is 2.24. The van der Waals surface area contributed by atoms with Crippen LogP contribution in [0.25, 0.3) is 11.0 Å². The smallest absolute Gasteiger partial charge is 0.311 e. The van der Waals surface area contributed by atoms with Gasteiger partial charge in [-0.2, -0.15) is 0 Å². The summed E-state index contributed by atoms with van der Waals surface area (Å²) in [5, 5.41) is 4.32. The van der Waals surface area contributed by atoms with E-state index in [1.54, 1.807) is 0 Å². The van der Waals surface area contributed by atoms with E-state index in [0.717, 1.165) is 23.3 Å². The summed E-state index contributed by atoms with van der Waals surface area (Å²) in [6.45, 7) is 3.66. The van der Waals surface area contributed by atoms with Crippen LogP contribution in [-0.4, -0.2) is 25.7 Å². The molecule has 1 aromatic heterocycles. The Labute approximate surface area is 111 Å². The summed E-state index contributed by atoms with van der Waals surface area (Å²) in [4.78, 5) is 11.9. The third-order valence-electron chi connectivity index (χ3n) is 3.61. The molecule has 1 aromatic carbocycles. The third-order valence-corrected chi connectivity index (χ3v) is 3.61. The van der Waals surface area contributed by atoms with Gasteiger partial charge in [-0.25, -0.2) is 0 Å². The van der Waals surface area contributed by atoms with Crippen LogP contribution in [0, 0.1) is 5.92 Å². The molecule has 1 N–H and O–H groups in total. The van der Waals surface area contributed by atoms with Crippen molar-refractivity contribution in [1.82, 2.24) is 5.32 Å². The van der Waals surface area contributed by atoms with Crippen molar-refractivity contribution in [2.75, 3.05) is 19.7 Å². The number of fused-ring (bicyclic) bond motifs is 1. The largest absolute Gasteiger partial charge is 0.466 e. The molecule has 0 amide bonds. The fourth-order valence-electron chi connectivity index (χ4n) is 2.66. The Hall–Kier alpha value is -1.81. The highest BCUT2D eigenvalue weighted by molar-refractivity contribution is 5.79. The van der Waals surface area contributed by atoms with E-state index >= 15 is 0 Å². The molecule has 3 rings (SSSR count). The van der Waals surface area contributed by atoms with Crippen molar-refractivity contribution in [2.45, 2.75) is 12.8 Å². The van der Waals surface area contributed by atoms with Crippen LogP contribution in [0.1, 0.15) is 18.6 Å². The minimum Gasteiger partial charge on any atom is -0.466 e. The van der Waals surface area contributed by atoms with E-state index in [-0.39, 0.29) is 17.8 Å². The Balaban J connectivity index is 1.89. The van der Waals surface area contributed by atoms with Crippen molar-refractivity contribution >= 4 is 16.9 Å². The summed E-state index contributed by atoms with van der Waals surface area (Å²) in [5.41, 5.74) is 0.868. The standard InChI is InChI=1S/C15H17NO3/c1-2-18-15(17)12-9-16-8-11(12)14-7-10-5-3-4-6-13(10)19-14/h3-7,11-12,16H,2,8-9H2,1H3/t11-,12-/m0/s1. The number of furan rings is 1. The van der Waals surface area contributed by atoms with Gasteiger partial charge in [0, 0.05) is 24.4 Å². The van der Waals surface area contributed by atoms with Gasteiger partial charge in [-0.1, -0.05) is 18.2 Å². The first-order valence-electron chi connectivity index (χ1n) is 6.65. The lowest BCUT2D eigenvalue weighted by Gasteiger charge is -2.14. The van der Waals surface area contributed by atoms with Gasteiger partial charge in [0.25, 0.3) is 0 Å². The van der Waals surface area contributed by atoms with Crippen molar-refractivity contribution in [3.8, 4) is 0 Å². The van der Waals surface area contributed by atoms with Gasteiger partial charge in [0.05, 0.1) is 12.5 Å². The molecule has 1 aliphatic rings. The number of esters is 1. The Morgan fingerprint density at radius 2 is 2.26 bits per heavy atom. The molecule has 4 heteroatoms. The van der Waals surface area contributed by atoms with Crippen LogP contribution >= 0.6 is 0 Å². The highest BCUT2D eigenvalue weighted by Crippen LogP contribution is 2.33. The van der Waals surface area contributed by atoms with Crippen LogP contribution in [0.3, 0.4) is 0 Å². The minimum atomic E-state index is -0.152. The number of hydrogen-bond acceptors (Lipinski definition) is 4. The first-order valence-corrected chi connectivity index (χ1v) is 6.65. The van der Waals surface area contributed by atoms with Crippen molar-refractivity contribution in [2.24, 2.45) is 5.92 Å². The summed E-state index contributed by atoms with van der Waals surface area (Å²) >= 11 is 0. The summed E-state index contributed by atoms with van der Waals surface area (Å²) in [5.74, 6) is 0.633. The second-order valence-electron chi connectivity index (χ2n) is 4.81. The molecule has 1 saturated heterocycles. The Morgan fingerprint density at radius 1 is 1.42 bits per heavy atom. The van der Waals surface area contributed by atoms with Gasteiger partial charge < -0.3 is 14.5 Å². The lowest BCUT2D eigenvalue weighted by atomic mass is 9.93.